The van der Waals surface area contributed by atoms with Crippen molar-refractivity contribution in [3.05, 3.63) is 65.7 Å². The molecule has 5 nitrogen and oxygen atoms in total. The number of aliphatic hydroxyl groups excluding tert-OH is 1. The van der Waals surface area contributed by atoms with E-state index >= 15 is 0 Å². The SMILES string of the molecule is CC(C)NC(=O)N1C[C@@H]2[C@H](c3ccccc31)[C@H](CO)N2Cc1ccccc1. The van der Waals surface area contributed by atoms with Crippen LogP contribution in [-0.4, -0.2) is 47.3 Å². The zero-order chi connectivity index (χ0) is 19.0. The van der Waals surface area contributed by atoms with Gasteiger partial charge in [-0.1, -0.05) is 48.5 Å². The van der Waals surface area contributed by atoms with Crippen LogP contribution in [-0.2, 0) is 6.54 Å². The third kappa shape index (κ3) is 3.22. The van der Waals surface area contributed by atoms with Gasteiger partial charge in [0.25, 0.3) is 0 Å². The molecule has 142 valence electrons. The van der Waals surface area contributed by atoms with Crippen molar-refractivity contribution >= 4 is 11.7 Å². The Morgan fingerprint density at radius 3 is 2.56 bits per heavy atom. The lowest BCUT2D eigenvalue weighted by Crippen LogP contribution is -2.69. The van der Waals surface area contributed by atoms with E-state index in [1.54, 1.807) is 0 Å². The quantitative estimate of drug-likeness (QED) is 0.876. The number of hydrogen-bond acceptors (Lipinski definition) is 3. The number of likely N-dealkylation sites (tertiary alicyclic amines) is 1. The number of para-hydroxylation sites is 1. The van der Waals surface area contributed by atoms with Crippen LogP contribution in [0.4, 0.5) is 10.5 Å². The van der Waals surface area contributed by atoms with Gasteiger partial charge in [-0.05, 0) is 31.0 Å². The molecule has 2 N–H and O–H groups in total. The zero-order valence-corrected chi connectivity index (χ0v) is 15.9. The van der Waals surface area contributed by atoms with E-state index in [1.807, 2.05) is 55.1 Å². The van der Waals surface area contributed by atoms with Gasteiger partial charge in [0.2, 0.25) is 0 Å². The number of urea groups is 1. The molecule has 0 aliphatic carbocycles. The molecule has 2 amide bonds. The van der Waals surface area contributed by atoms with Crippen LogP contribution in [0.15, 0.2) is 54.6 Å². The molecule has 1 fully saturated rings. The number of nitrogens with one attached hydrogen (secondary N) is 1. The predicted octanol–water partition coefficient (Wildman–Crippen LogP) is 2.95. The standard InChI is InChI=1S/C22H27N3O2/c1-15(2)23-22(27)25-13-19-21(17-10-6-7-11-18(17)25)20(14-26)24(19)12-16-8-4-3-5-9-16/h3-11,15,19-21,26H,12-14H2,1-2H3,(H,23,27)/t19-,20+,21+/m1/s1. The number of rotatable bonds is 4. The highest BCUT2D eigenvalue weighted by molar-refractivity contribution is 5.94. The molecule has 27 heavy (non-hydrogen) atoms. The molecule has 0 unspecified atom stereocenters. The van der Waals surface area contributed by atoms with Crippen LogP contribution in [0.3, 0.4) is 0 Å². The number of amides is 2. The van der Waals surface area contributed by atoms with E-state index in [1.165, 1.54) is 5.56 Å². The largest absolute Gasteiger partial charge is 0.395 e. The molecule has 0 aromatic heterocycles. The summed E-state index contributed by atoms with van der Waals surface area (Å²) in [6, 6.07) is 18.8. The van der Waals surface area contributed by atoms with Crippen LogP contribution in [0, 0.1) is 0 Å². The van der Waals surface area contributed by atoms with Gasteiger partial charge < -0.3 is 10.4 Å². The van der Waals surface area contributed by atoms with Gasteiger partial charge in [-0.25, -0.2) is 4.79 Å². The molecule has 2 heterocycles. The Kier molecular flexibility index (Phi) is 4.89. The minimum atomic E-state index is -0.0528. The highest BCUT2D eigenvalue weighted by Gasteiger charge is 2.53. The normalized spacial score (nSPS) is 24.1. The van der Waals surface area contributed by atoms with Crippen LogP contribution in [0.1, 0.15) is 30.9 Å². The van der Waals surface area contributed by atoms with Crippen LogP contribution >= 0.6 is 0 Å². The first-order valence-corrected chi connectivity index (χ1v) is 9.67. The first-order valence-electron chi connectivity index (χ1n) is 9.67. The van der Waals surface area contributed by atoms with Gasteiger partial charge in [0, 0.05) is 42.8 Å². The summed E-state index contributed by atoms with van der Waals surface area (Å²) >= 11 is 0. The summed E-state index contributed by atoms with van der Waals surface area (Å²) in [6.07, 6.45) is 0. The van der Waals surface area contributed by atoms with Gasteiger partial charge in [0.05, 0.1) is 6.61 Å². The molecule has 1 saturated heterocycles. The molecule has 0 saturated carbocycles. The average molecular weight is 365 g/mol. The number of fused-ring (bicyclic) bond motifs is 3. The smallest absolute Gasteiger partial charge is 0.322 e. The Morgan fingerprint density at radius 1 is 1.15 bits per heavy atom. The van der Waals surface area contributed by atoms with Crippen LogP contribution in [0.2, 0.25) is 0 Å². The Balaban J connectivity index is 1.64. The lowest BCUT2D eigenvalue weighted by atomic mass is 9.72. The summed E-state index contributed by atoms with van der Waals surface area (Å²) in [5, 5.41) is 13.1. The molecule has 5 heteroatoms. The number of anilines is 1. The number of aliphatic hydroxyl groups is 1. The second-order valence-corrected chi connectivity index (χ2v) is 7.77. The van der Waals surface area contributed by atoms with E-state index in [0.29, 0.717) is 6.54 Å². The van der Waals surface area contributed by atoms with Crippen molar-refractivity contribution in [2.24, 2.45) is 0 Å². The second kappa shape index (κ2) is 7.33. The fraction of sp³-hybridized carbons (Fsp3) is 0.409. The van der Waals surface area contributed by atoms with Gasteiger partial charge >= 0.3 is 6.03 Å². The van der Waals surface area contributed by atoms with Crippen LogP contribution in [0.5, 0.6) is 0 Å². The van der Waals surface area contributed by atoms with Crippen molar-refractivity contribution in [1.29, 1.82) is 0 Å². The van der Waals surface area contributed by atoms with Crippen molar-refractivity contribution in [1.82, 2.24) is 10.2 Å². The summed E-state index contributed by atoms with van der Waals surface area (Å²) in [5.41, 5.74) is 3.36. The average Bonchev–Trinajstić information content (AvgIpc) is 2.66. The minimum absolute atomic E-state index is 0.0528. The molecule has 3 atom stereocenters. The maximum atomic E-state index is 12.8. The summed E-state index contributed by atoms with van der Waals surface area (Å²) in [6.45, 7) is 5.51. The summed E-state index contributed by atoms with van der Waals surface area (Å²) in [7, 11) is 0. The molecule has 2 aromatic rings. The van der Waals surface area contributed by atoms with Crippen molar-refractivity contribution in [3.8, 4) is 0 Å². The lowest BCUT2D eigenvalue weighted by molar-refractivity contribution is -0.0485. The zero-order valence-electron chi connectivity index (χ0n) is 15.9. The van der Waals surface area contributed by atoms with Crippen molar-refractivity contribution in [3.63, 3.8) is 0 Å². The third-order valence-electron chi connectivity index (χ3n) is 5.69. The van der Waals surface area contributed by atoms with Crippen LogP contribution < -0.4 is 10.2 Å². The fourth-order valence-electron chi connectivity index (χ4n) is 4.51. The first kappa shape index (κ1) is 18.0. The highest BCUT2D eigenvalue weighted by atomic mass is 16.3. The molecule has 0 radical (unpaired) electrons. The van der Waals surface area contributed by atoms with E-state index in [4.69, 9.17) is 0 Å². The summed E-state index contributed by atoms with van der Waals surface area (Å²) in [4.78, 5) is 17.0. The number of carbonyl (C=O) groups excluding carboxylic acids is 1. The molecule has 2 aromatic carbocycles. The number of carbonyl (C=O) groups is 1. The lowest BCUT2D eigenvalue weighted by Gasteiger charge is -2.59. The Hall–Kier alpha value is -2.37. The van der Waals surface area contributed by atoms with Gasteiger partial charge in [0.1, 0.15) is 0 Å². The van der Waals surface area contributed by atoms with E-state index in [2.05, 4.69) is 28.4 Å². The topological polar surface area (TPSA) is 55.8 Å². The second-order valence-electron chi connectivity index (χ2n) is 7.77. The number of nitrogens with zero attached hydrogens (tertiary/aromatic N) is 2. The van der Waals surface area contributed by atoms with Gasteiger partial charge in [-0.15, -0.1) is 0 Å². The maximum absolute atomic E-state index is 12.8. The van der Waals surface area contributed by atoms with Crippen LogP contribution in [0.25, 0.3) is 0 Å². The fourth-order valence-corrected chi connectivity index (χ4v) is 4.51. The van der Waals surface area contributed by atoms with Crippen molar-refractivity contribution < 1.29 is 9.90 Å². The molecular weight excluding hydrogens is 338 g/mol. The molecule has 0 bridgehead atoms. The molecular formula is C22H27N3O2. The van der Waals surface area contributed by atoms with E-state index in [-0.39, 0.29) is 36.7 Å². The summed E-state index contributed by atoms with van der Waals surface area (Å²) < 4.78 is 0. The van der Waals surface area contributed by atoms with Crippen molar-refractivity contribution in [2.75, 3.05) is 18.1 Å². The Morgan fingerprint density at radius 2 is 1.85 bits per heavy atom. The Bertz CT molecular complexity index is 808. The molecule has 2 aliphatic heterocycles. The molecule has 2 aliphatic rings. The third-order valence-corrected chi connectivity index (χ3v) is 5.69. The summed E-state index contributed by atoms with van der Waals surface area (Å²) in [5.74, 6) is 0.262. The van der Waals surface area contributed by atoms with Crippen molar-refractivity contribution in [2.45, 2.75) is 44.4 Å². The van der Waals surface area contributed by atoms with E-state index < -0.39 is 0 Å². The molecule has 4 rings (SSSR count). The monoisotopic (exact) mass is 365 g/mol. The Labute approximate surface area is 160 Å². The van der Waals surface area contributed by atoms with Gasteiger partial charge in [-0.3, -0.25) is 9.80 Å². The first-order chi connectivity index (χ1) is 13.1. The predicted molar refractivity (Wildman–Crippen MR) is 107 cm³/mol. The van der Waals surface area contributed by atoms with Gasteiger partial charge in [0.15, 0.2) is 0 Å². The maximum Gasteiger partial charge on any atom is 0.322 e. The highest BCUT2D eigenvalue weighted by Crippen LogP contribution is 2.48. The number of hydrogen-bond donors (Lipinski definition) is 2. The van der Waals surface area contributed by atoms with E-state index in [9.17, 15) is 9.90 Å². The molecule has 0 spiro atoms. The van der Waals surface area contributed by atoms with Gasteiger partial charge in [-0.2, -0.15) is 0 Å². The minimum Gasteiger partial charge on any atom is -0.395 e. The van der Waals surface area contributed by atoms with E-state index in [0.717, 1.165) is 17.8 Å². The number of benzene rings is 2.